The number of para-hydroxylation sites is 2. The molecule has 0 heterocycles. The zero-order chi connectivity index (χ0) is 44.4. The van der Waals surface area contributed by atoms with Crippen LogP contribution >= 0.6 is 0 Å². The molecule has 0 aliphatic carbocycles. The highest BCUT2D eigenvalue weighted by Gasteiger charge is 2.29. The van der Waals surface area contributed by atoms with Crippen LogP contribution in [0.25, 0.3) is 54.6 Å². The van der Waals surface area contributed by atoms with Gasteiger partial charge in [-0.15, -0.1) is 0 Å². The van der Waals surface area contributed by atoms with Crippen LogP contribution in [0.4, 0.5) is 34.1 Å². The molecule has 0 aromatic heterocycles. The average Bonchev–Trinajstić information content (AvgIpc) is 3.29. The van der Waals surface area contributed by atoms with Crippen molar-refractivity contribution in [2.45, 2.75) is 67.7 Å². The molecule has 0 atom stereocenters. The molecule has 0 bridgehead atoms. The Hall–Kier alpha value is -7.16. The van der Waals surface area contributed by atoms with Crippen molar-refractivity contribution in [3.05, 3.63) is 215 Å². The maximum atomic E-state index is 2.58. The van der Waals surface area contributed by atoms with E-state index in [0.717, 1.165) is 22.7 Å². The Morgan fingerprint density at radius 3 is 1.16 bits per heavy atom. The van der Waals surface area contributed by atoms with Crippen molar-refractivity contribution in [3.8, 4) is 22.3 Å². The van der Waals surface area contributed by atoms with Gasteiger partial charge in [-0.1, -0.05) is 178 Å². The lowest BCUT2D eigenvalue weighted by atomic mass is 9.83. The molecule has 0 N–H and O–H groups in total. The molecule has 10 rings (SSSR count). The van der Waals surface area contributed by atoms with Gasteiger partial charge < -0.3 is 9.80 Å². The van der Waals surface area contributed by atoms with Gasteiger partial charge in [0.25, 0.3) is 0 Å². The topological polar surface area (TPSA) is 6.48 Å². The predicted molar refractivity (Wildman–Crippen MR) is 278 cm³/mol. The molecule has 0 saturated heterocycles. The first-order chi connectivity index (χ1) is 30.9. The molecular weight excluding hydrogens is 773 g/mol. The van der Waals surface area contributed by atoms with E-state index in [-0.39, 0.29) is 5.41 Å². The summed E-state index contributed by atoms with van der Waals surface area (Å²) >= 11 is 0. The first-order valence-corrected chi connectivity index (χ1v) is 22.7. The van der Waals surface area contributed by atoms with Crippen LogP contribution in [0.3, 0.4) is 0 Å². The zero-order valence-electron chi connectivity index (χ0n) is 38.6. The average molecular weight is 829 g/mol. The van der Waals surface area contributed by atoms with Crippen molar-refractivity contribution < 1.29 is 0 Å². The Morgan fingerprint density at radius 2 is 0.750 bits per heavy atom. The fraction of sp³-hybridized carbons (Fsp3) is 0.161. The SMILES string of the molecule is Cc1ccccc1N(c1c(C)ccc(-c2ccccc2)c1C)c1cc(N(c2ccccc2C)c2c(C)ccc(-c3ccccc3)c2C)c2ccc3cc(C(C)(C)C)cc4ccc1c2c43. The molecule has 0 unspecified atom stereocenters. The van der Waals surface area contributed by atoms with Crippen LogP contribution < -0.4 is 9.80 Å². The zero-order valence-corrected chi connectivity index (χ0v) is 38.6. The summed E-state index contributed by atoms with van der Waals surface area (Å²) in [6.07, 6.45) is 0. The van der Waals surface area contributed by atoms with Crippen molar-refractivity contribution in [1.29, 1.82) is 0 Å². The molecule has 2 nitrogen and oxygen atoms in total. The lowest BCUT2D eigenvalue weighted by molar-refractivity contribution is 0.591. The summed E-state index contributed by atoms with van der Waals surface area (Å²) < 4.78 is 0. The summed E-state index contributed by atoms with van der Waals surface area (Å²) in [6.45, 7) is 20.6. The molecule has 0 aliphatic rings. The van der Waals surface area contributed by atoms with Gasteiger partial charge in [0.05, 0.1) is 22.7 Å². The van der Waals surface area contributed by atoms with Gasteiger partial charge in [0.15, 0.2) is 0 Å². The molecule has 10 aromatic rings. The largest absolute Gasteiger partial charge is 0.309 e. The van der Waals surface area contributed by atoms with Gasteiger partial charge in [0.1, 0.15) is 0 Å². The number of aryl methyl sites for hydroxylation is 4. The first kappa shape index (κ1) is 40.9. The van der Waals surface area contributed by atoms with E-state index in [0.29, 0.717) is 0 Å². The number of hydrogen-bond donors (Lipinski definition) is 0. The van der Waals surface area contributed by atoms with Crippen LogP contribution in [0.5, 0.6) is 0 Å². The van der Waals surface area contributed by atoms with Gasteiger partial charge in [0, 0.05) is 27.5 Å². The minimum absolute atomic E-state index is 0.00168. The van der Waals surface area contributed by atoms with E-state index in [9.17, 15) is 0 Å². The molecule has 0 saturated carbocycles. The van der Waals surface area contributed by atoms with Gasteiger partial charge in [-0.25, -0.2) is 0 Å². The van der Waals surface area contributed by atoms with Crippen LogP contribution in [0.15, 0.2) is 176 Å². The Balaban J connectivity index is 1.39. The van der Waals surface area contributed by atoms with Crippen LogP contribution in [-0.4, -0.2) is 0 Å². The van der Waals surface area contributed by atoms with Crippen LogP contribution in [0.2, 0.25) is 0 Å². The number of hydrogen-bond acceptors (Lipinski definition) is 2. The quantitative estimate of drug-likeness (QED) is 0.141. The van der Waals surface area contributed by atoms with Gasteiger partial charge in [-0.2, -0.15) is 0 Å². The normalized spacial score (nSPS) is 11.8. The van der Waals surface area contributed by atoms with E-state index in [4.69, 9.17) is 0 Å². The summed E-state index contributed by atoms with van der Waals surface area (Å²) in [5.74, 6) is 0. The van der Waals surface area contributed by atoms with Crippen LogP contribution in [0.1, 0.15) is 59.7 Å². The molecule has 0 radical (unpaired) electrons. The second kappa shape index (κ2) is 15.9. The van der Waals surface area contributed by atoms with Crippen molar-refractivity contribution in [3.63, 3.8) is 0 Å². The third-order valence-corrected chi connectivity index (χ3v) is 13.6. The van der Waals surface area contributed by atoms with Gasteiger partial charge >= 0.3 is 0 Å². The van der Waals surface area contributed by atoms with E-state index in [2.05, 4.69) is 248 Å². The minimum atomic E-state index is 0.00168. The second-order valence-electron chi connectivity index (χ2n) is 18.8. The lowest BCUT2D eigenvalue weighted by Crippen LogP contribution is -2.18. The van der Waals surface area contributed by atoms with Gasteiger partial charge in [-0.05, 0) is 143 Å². The Bertz CT molecular complexity index is 3160. The minimum Gasteiger partial charge on any atom is -0.309 e. The number of anilines is 6. The molecule has 0 aliphatic heterocycles. The van der Waals surface area contributed by atoms with Crippen LogP contribution in [0, 0.1) is 41.5 Å². The fourth-order valence-electron chi connectivity index (χ4n) is 10.3. The Morgan fingerprint density at radius 1 is 0.344 bits per heavy atom. The highest BCUT2D eigenvalue weighted by Crippen LogP contribution is 2.54. The maximum absolute atomic E-state index is 2.58. The number of nitrogens with zero attached hydrogens (tertiary/aromatic N) is 2. The Kier molecular flexibility index (Phi) is 10.1. The third-order valence-electron chi connectivity index (χ3n) is 13.6. The molecule has 0 spiro atoms. The first-order valence-electron chi connectivity index (χ1n) is 22.7. The van der Waals surface area contributed by atoms with E-state index in [1.807, 2.05) is 0 Å². The van der Waals surface area contributed by atoms with E-state index in [1.54, 1.807) is 0 Å². The monoisotopic (exact) mass is 828 g/mol. The molecular formula is C62H56N2. The highest BCUT2D eigenvalue weighted by atomic mass is 15.2. The van der Waals surface area contributed by atoms with Crippen molar-refractivity contribution in [1.82, 2.24) is 0 Å². The van der Waals surface area contributed by atoms with E-state index >= 15 is 0 Å². The lowest BCUT2D eigenvalue weighted by Gasteiger charge is -2.36. The summed E-state index contributed by atoms with van der Waals surface area (Å²) in [6, 6.07) is 65.6. The number of rotatable bonds is 8. The van der Waals surface area contributed by atoms with Crippen molar-refractivity contribution in [2.24, 2.45) is 0 Å². The maximum Gasteiger partial charge on any atom is 0.0561 e. The molecule has 2 heteroatoms. The highest BCUT2D eigenvalue weighted by molar-refractivity contribution is 6.29. The fourth-order valence-corrected chi connectivity index (χ4v) is 10.3. The summed E-state index contributed by atoms with van der Waals surface area (Å²) in [5.41, 5.74) is 20.6. The Labute approximate surface area is 379 Å². The van der Waals surface area contributed by atoms with Gasteiger partial charge in [0.2, 0.25) is 0 Å². The summed E-state index contributed by atoms with van der Waals surface area (Å²) in [5, 5.41) is 7.57. The van der Waals surface area contributed by atoms with Crippen LogP contribution in [-0.2, 0) is 5.41 Å². The van der Waals surface area contributed by atoms with Crippen molar-refractivity contribution >= 4 is 66.4 Å². The third kappa shape index (κ3) is 6.81. The van der Waals surface area contributed by atoms with E-state index in [1.165, 1.54) is 105 Å². The molecule has 0 fully saturated rings. The standard InChI is InChI=1S/C62H56N2/c1-39-20-16-18-26-54(39)63(60-41(3)28-32-50(43(60)5)45-22-12-10-13-23-45)56-38-57(53-35-31-48-37-49(62(7,8)9)36-47-30-34-52(56)59(53)58(47)48)64(55-27-19-17-21-40(55)2)61-42(4)29-33-51(44(61)6)46-24-14-11-15-25-46/h10-38H,1-9H3. The molecule has 314 valence electrons. The summed E-state index contributed by atoms with van der Waals surface area (Å²) in [4.78, 5) is 5.16. The van der Waals surface area contributed by atoms with E-state index < -0.39 is 0 Å². The summed E-state index contributed by atoms with van der Waals surface area (Å²) in [7, 11) is 0. The number of benzene rings is 10. The van der Waals surface area contributed by atoms with Crippen molar-refractivity contribution in [2.75, 3.05) is 9.80 Å². The smallest absolute Gasteiger partial charge is 0.0561 e. The predicted octanol–water partition coefficient (Wildman–Crippen LogP) is 18.0. The molecule has 10 aromatic carbocycles. The second-order valence-corrected chi connectivity index (χ2v) is 18.8. The molecule has 64 heavy (non-hydrogen) atoms. The van der Waals surface area contributed by atoms with Gasteiger partial charge in [-0.3, -0.25) is 0 Å². The molecule has 0 amide bonds.